The summed E-state index contributed by atoms with van der Waals surface area (Å²) in [5, 5.41) is 4.49. The summed E-state index contributed by atoms with van der Waals surface area (Å²) in [6.07, 6.45) is 6.01. The van der Waals surface area contributed by atoms with Crippen molar-refractivity contribution in [3.63, 3.8) is 0 Å². The Morgan fingerprint density at radius 2 is 2.33 bits per heavy atom. The van der Waals surface area contributed by atoms with E-state index >= 15 is 0 Å². The lowest BCUT2D eigenvalue weighted by Crippen LogP contribution is -2.36. The van der Waals surface area contributed by atoms with Gasteiger partial charge in [-0.1, -0.05) is 5.57 Å². The highest BCUT2D eigenvalue weighted by Gasteiger charge is 2.26. The molecule has 24 heavy (non-hydrogen) atoms. The van der Waals surface area contributed by atoms with Gasteiger partial charge in [0.1, 0.15) is 11.6 Å². The lowest BCUT2D eigenvalue weighted by molar-refractivity contribution is 0.217. The molecule has 130 valence electrons. The van der Waals surface area contributed by atoms with Gasteiger partial charge in [-0.3, -0.25) is 9.47 Å². The molecule has 1 fully saturated rings. The fraction of sp³-hybridized carbons (Fsp3) is 0.556. The van der Waals surface area contributed by atoms with E-state index < -0.39 is 0 Å². The molecule has 3 rings (SSSR count). The Morgan fingerprint density at radius 3 is 3.04 bits per heavy atom. The number of rotatable bonds is 5. The third-order valence-corrected chi connectivity index (χ3v) is 4.63. The molecule has 0 bridgehead atoms. The van der Waals surface area contributed by atoms with E-state index in [-0.39, 0.29) is 5.69 Å². The number of furan rings is 1. The summed E-state index contributed by atoms with van der Waals surface area (Å²) >= 11 is 0. The molecule has 6 heteroatoms. The van der Waals surface area contributed by atoms with Crippen molar-refractivity contribution in [2.45, 2.75) is 39.2 Å². The molecule has 0 amide bonds. The molecule has 0 aromatic carbocycles. The van der Waals surface area contributed by atoms with Crippen molar-refractivity contribution in [1.29, 1.82) is 0 Å². The Kier molecular flexibility index (Phi) is 5.04. The van der Waals surface area contributed by atoms with Crippen LogP contribution >= 0.6 is 0 Å². The van der Waals surface area contributed by atoms with Crippen molar-refractivity contribution in [2.75, 3.05) is 19.6 Å². The summed E-state index contributed by atoms with van der Waals surface area (Å²) in [7, 11) is 1.73. The molecule has 0 N–H and O–H groups in total. The summed E-state index contributed by atoms with van der Waals surface area (Å²) in [5.74, 6) is 2.15. The van der Waals surface area contributed by atoms with E-state index in [4.69, 9.17) is 4.42 Å². The summed E-state index contributed by atoms with van der Waals surface area (Å²) in [4.78, 5) is 14.6. The van der Waals surface area contributed by atoms with E-state index in [1.807, 2.05) is 19.1 Å². The Morgan fingerprint density at radius 1 is 1.50 bits per heavy atom. The van der Waals surface area contributed by atoms with E-state index in [1.54, 1.807) is 17.9 Å². The van der Waals surface area contributed by atoms with Gasteiger partial charge in [0.2, 0.25) is 0 Å². The van der Waals surface area contributed by atoms with Crippen LogP contribution in [0.5, 0.6) is 0 Å². The van der Waals surface area contributed by atoms with Crippen LogP contribution in [0.2, 0.25) is 0 Å². The molecule has 0 aliphatic carbocycles. The lowest BCUT2D eigenvalue weighted by Gasteiger charge is -2.32. The minimum absolute atomic E-state index is 0.0153. The van der Waals surface area contributed by atoms with Crippen LogP contribution in [0.3, 0.4) is 0 Å². The number of aromatic nitrogens is 3. The molecule has 1 aliphatic rings. The first-order chi connectivity index (χ1) is 11.6. The van der Waals surface area contributed by atoms with Crippen molar-refractivity contribution >= 4 is 6.08 Å². The van der Waals surface area contributed by atoms with E-state index in [2.05, 4.69) is 23.0 Å². The van der Waals surface area contributed by atoms with Crippen LogP contribution in [-0.2, 0) is 13.6 Å². The highest BCUT2D eigenvalue weighted by atomic mass is 16.3. The minimum atomic E-state index is -0.0153. The zero-order valence-corrected chi connectivity index (χ0v) is 14.7. The third-order valence-electron chi connectivity index (χ3n) is 4.63. The molecule has 1 atom stereocenters. The van der Waals surface area contributed by atoms with Crippen molar-refractivity contribution < 1.29 is 4.42 Å². The first kappa shape index (κ1) is 16.8. The quantitative estimate of drug-likeness (QED) is 0.845. The summed E-state index contributed by atoms with van der Waals surface area (Å²) in [6, 6.07) is 3.87. The highest BCUT2D eigenvalue weighted by molar-refractivity contribution is 5.46. The zero-order chi connectivity index (χ0) is 17.1. The van der Waals surface area contributed by atoms with Gasteiger partial charge in [-0.25, -0.2) is 9.48 Å². The standard InChI is InChI=1S/C18H26N4O2/c1-4-22-17(19-20(3)18(22)23)15-7-5-9-21(13-15)12-14(2)11-16-8-6-10-24-16/h6,8,10-11,15H,4-5,7,9,12-13H2,1-3H3/b14-11+/t15-/m1/s1. The molecular formula is C18H26N4O2. The second-order valence-electron chi connectivity index (χ2n) is 6.59. The van der Waals surface area contributed by atoms with Gasteiger partial charge in [-0.15, -0.1) is 0 Å². The maximum Gasteiger partial charge on any atom is 0.345 e. The molecule has 6 nitrogen and oxygen atoms in total. The molecule has 0 saturated carbocycles. The number of hydrogen-bond donors (Lipinski definition) is 0. The van der Waals surface area contributed by atoms with Gasteiger partial charge in [0, 0.05) is 32.6 Å². The van der Waals surface area contributed by atoms with Crippen molar-refractivity contribution in [1.82, 2.24) is 19.2 Å². The molecule has 0 unspecified atom stereocenters. The molecule has 0 radical (unpaired) electrons. The Hall–Kier alpha value is -2.08. The molecule has 1 aliphatic heterocycles. The van der Waals surface area contributed by atoms with Crippen molar-refractivity contribution in [2.24, 2.45) is 7.05 Å². The summed E-state index contributed by atoms with van der Waals surface area (Å²) < 4.78 is 8.65. The summed E-state index contributed by atoms with van der Waals surface area (Å²) in [5.41, 5.74) is 1.26. The Bertz CT molecular complexity index is 755. The highest BCUT2D eigenvalue weighted by Crippen LogP contribution is 2.25. The molecule has 2 aromatic heterocycles. The molecular weight excluding hydrogens is 304 g/mol. The molecule has 0 spiro atoms. The van der Waals surface area contributed by atoms with E-state index in [1.165, 1.54) is 10.3 Å². The fourth-order valence-corrected chi connectivity index (χ4v) is 3.55. The topological polar surface area (TPSA) is 56.2 Å². The van der Waals surface area contributed by atoms with Crippen molar-refractivity contribution in [3.8, 4) is 0 Å². The van der Waals surface area contributed by atoms with Crippen LogP contribution in [-0.4, -0.2) is 38.9 Å². The van der Waals surface area contributed by atoms with Crippen molar-refractivity contribution in [3.05, 3.63) is 46.0 Å². The monoisotopic (exact) mass is 330 g/mol. The van der Waals surface area contributed by atoms with Gasteiger partial charge >= 0.3 is 5.69 Å². The largest absolute Gasteiger partial charge is 0.465 e. The van der Waals surface area contributed by atoms with Gasteiger partial charge in [-0.05, 0) is 51.4 Å². The number of aryl methyl sites for hydroxylation is 1. The van der Waals surface area contributed by atoms with E-state index in [9.17, 15) is 4.79 Å². The second-order valence-corrected chi connectivity index (χ2v) is 6.59. The number of nitrogens with zero attached hydrogens (tertiary/aromatic N) is 4. The molecule has 2 aromatic rings. The van der Waals surface area contributed by atoms with Gasteiger partial charge in [0.05, 0.1) is 6.26 Å². The van der Waals surface area contributed by atoms with Crippen LogP contribution in [0.25, 0.3) is 6.08 Å². The third kappa shape index (κ3) is 3.53. The normalized spacial score (nSPS) is 19.8. The van der Waals surface area contributed by atoms with Gasteiger partial charge in [-0.2, -0.15) is 5.10 Å². The summed E-state index contributed by atoms with van der Waals surface area (Å²) in [6.45, 7) is 7.76. The average Bonchev–Trinajstić information content (AvgIpc) is 3.16. The zero-order valence-electron chi connectivity index (χ0n) is 14.7. The first-order valence-corrected chi connectivity index (χ1v) is 8.65. The maximum atomic E-state index is 12.1. The molecule has 3 heterocycles. The van der Waals surface area contributed by atoms with Crippen LogP contribution in [0.15, 0.2) is 33.2 Å². The number of piperidine rings is 1. The fourth-order valence-electron chi connectivity index (χ4n) is 3.55. The SMILES string of the molecule is CCn1c([C@@H]2CCCN(C/C(C)=C/c3ccco3)C2)nn(C)c1=O. The Balaban J connectivity index is 1.71. The van der Waals surface area contributed by atoms with Crippen LogP contribution < -0.4 is 5.69 Å². The predicted octanol–water partition coefficient (Wildman–Crippen LogP) is 2.48. The van der Waals surface area contributed by atoms with Gasteiger partial charge in [0.15, 0.2) is 0 Å². The van der Waals surface area contributed by atoms with Gasteiger partial charge in [0.25, 0.3) is 0 Å². The Labute approximate surface area is 142 Å². The minimum Gasteiger partial charge on any atom is -0.465 e. The van der Waals surface area contributed by atoms with E-state index in [0.717, 1.165) is 44.1 Å². The predicted molar refractivity (Wildman–Crippen MR) is 93.9 cm³/mol. The molecule has 1 saturated heterocycles. The smallest absolute Gasteiger partial charge is 0.345 e. The maximum absolute atomic E-state index is 12.1. The van der Waals surface area contributed by atoms with Crippen LogP contribution in [0.4, 0.5) is 0 Å². The van der Waals surface area contributed by atoms with Crippen LogP contribution in [0, 0.1) is 0 Å². The number of likely N-dealkylation sites (tertiary alicyclic amines) is 1. The van der Waals surface area contributed by atoms with Gasteiger partial charge < -0.3 is 4.42 Å². The average molecular weight is 330 g/mol. The van der Waals surface area contributed by atoms with Crippen LogP contribution in [0.1, 0.15) is 44.2 Å². The number of hydrogen-bond acceptors (Lipinski definition) is 4. The first-order valence-electron chi connectivity index (χ1n) is 8.65. The second kappa shape index (κ2) is 7.21. The van der Waals surface area contributed by atoms with E-state index in [0.29, 0.717) is 12.5 Å². The lowest BCUT2D eigenvalue weighted by atomic mass is 9.96.